The van der Waals surface area contributed by atoms with Crippen LogP contribution in [0.25, 0.3) is 50.3 Å². The number of H-pyrrole nitrogens is 2. The maximum absolute atomic E-state index is 14.5. The molecular formula is C28H25FN8O. The zero-order chi connectivity index (χ0) is 26.8. The first-order valence-corrected chi connectivity index (χ1v) is 11.9. The molecule has 38 heavy (non-hydrogen) atoms. The summed E-state index contributed by atoms with van der Waals surface area (Å²) < 4.78 is 14.5. The lowest BCUT2D eigenvalue weighted by atomic mass is 10.1. The second-order valence-corrected chi connectivity index (χ2v) is 9.08. The van der Waals surface area contributed by atoms with Gasteiger partial charge in [0.15, 0.2) is 11.5 Å². The largest absolute Gasteiger partial charge is 0.335 e. The number of halogens is 1. The number of aromatic amines is 2. The average molecular weight is 509 g/mol. The fourth-order valence-electron chi connectivity index (χ4n) is 4.03. The minimum Gasteiger partial charge on any atom is -0.335 e. The summed E-state index contributed by atoms with van der Waals surface area (Å²) in [6, 6.07) is 8.47. The minimum atomic E-state index is -0.348. The van der Waals surface area contributed by atoms with Crippen molar-refractivity contribution in [2.45, 2.75) is 20.8 Å². The second-order valence-electron chi connectivity index (χ2n) is 9.08. The predicted molar refractivity (Wildman–Crippen MR) is 146 cm³/mol. The van der Waals surface area contributed by atoms with E-state index in [1.54, 1.807) is 36.8 Å². The highest BCUT2D eigenvalue weighted by molar-refractivity contribution is 5.96. The molecule has 0 saturated carbocycles. The molecule has 0 radical (unpaired) electrons. The number of hydrogen-bond donors (Lipinski definition) is 3. The Kier molecular flexibility index (Phi) is 6.61. The Labute approximate surface area is 217 Å². The normalized spacial score (nSPS) is 12.4. The van der Waals surface area contributed by atoms with E-state index in [-0.39, 0.29) is 17.6 Å². The summed E-state index contributed by atoms with van der Waals surface area (Å²) in [5.41, 5.74) is 5.60. The molecule has 9 nitrogen and oxygen atoms in total. The predicted octanol–water partition coefficient (Wildman–Crippen LogP) is 5.42. The van der Waals surface area contributed by atoms with Crippen molar-refractivity contribution in [1.29, 1.82) is 0 Å². The maximum atomic E-state index is 14.5. The lowest BCUT2D eigenvalue weighted by Gasteiger charge is -2.09. The Morgan fingerprint density at radius 3 is 2.76 bits per heavy atom. The molecule has 5 rings (SSSR count). The van der Waals surface area contributed by atoms with Crippen LogP contribution in [0.3, 0.4) is 0 Å². The van der Waals surface area contributed by atoms with E-state index in [9.17, 15) is 9.18 Å². The monoisotopic (exact) mass is 508 g/mol. The number of aromatic nitrogens is 6. The second kappa shape index (κ2) is 10.2. The first kappa shape index (κ1) is 24.7. The third kappa shape index (κ3) is 4.71. The van der Waals surface area contributed by atoms with Crippen LogP contribution in [-0.4, -0.2) is 42.8 Å². The van der Waals surface area contributed by atoms with Gasteiger partial charge in [-0.05, 0) is 43.0 Å². The standard InChI is InChI=1S/C28H25FN8O/c1-15(2)28(38)33-18(12-30-4)9-16(3)17-10-20-25(36-37-26(20)32-11-17)27-34-23-14-31-13-21(24(23)35-27)19-7-5-6-8-22(19)29/h5-15H,4H2,1-3H3,(H,33,38)(H,34,35)(H,32,36,37)/b16-9+,18-12+. The number of pyridine rings is 2. The van der Waals surface area contributed by atoms with Crippen molar-refractivity contribution in [3.05, 3.63) is 78.3 Å². The number of carbonyl (C=O) groups excluding carboxylic acids is 1. The molecule has 0 aliphatic carbocycles. The number of benzene rings is 1. The Bertz CT molecular complexity index is 1740. The molecule has 0 spiro atoms. The lowest BCUT2D eigenvalue weighted by Crippen LogP contribution is -2.26. The van der Waals surface area contributed by atoms with Crippen molar-refractivity contribution >= 4 is 40.3 Å². The Morgan fingerprint density at radius 2 is 2.00 bits per heavy atom. The average Bonchev–Trinajstić information content (AvgIpc) is 3.52. The Morgan fingerprint density at radius 1 is 1.18 bits per heavy atom. The van der Waals surface area contributed by atoms with Crippen LogP contribution in [0, 0.1) is 11.7 Å². The van der Waals surface area contributed by atoms with Crippen molar-refractivity contribution in [3.63, 3.8) is 0 Å². The Hall–Kier alpha value is -4.99. The van der Waals surface area contributed by atoms with Gasteiger partial charge in [-0.2, -0.15) is 5.10 Å². The maximum Gasteiger partial charge on any atom is 0.226 e. The molecule has 0 aliphatic heterocycles. The van der Waals surface area contributed by atoms with Gasteiger partial charge in [0.2, 0.25) is 5.91 Å². The first-order valence-electron chi connectivity index (χ1n) is 11.9. The van der Waals surface area contributed by atoms with Gasteiger partial charge in [-0.15, -0.1) is 0 Å². The molecule has 3 N–H and O–H groups in total. The fourth-order valence-corrected chi connectivity index (χ4v) is 4.03. The van der Waals surface area contributed by atoms with E-state index in [4.69, 9.17) is 4.98 Å². The van der Waals surface area contributed by atoms with Crippen LogP contribution < -0.4 is 5.32 Å². The third-order valence-corrected chi connectivity index (χ3v) is 6.05. The molecule has 10 heteroatoms. The number of nitrogens with zero attached hydrogens (tertiary/aromatic N) is 5. The smallest absolute Gasteiger partial charge is 0.226 e. The molecule has 0 atom stereocenters. The summed E-state index contributed by atoms with van der Waals surface area (Å²) >= 11 is 0. The molecule has 1 amide bonds. The minimum absolute atomic E-state index is 0.122. The topological polar surface area (TPSA) is 125 Å². The van der Waals surface area contributed by atoms with E-state index in [0.717, 1.165) is 16.5 Å². The number of amides is 1. The number of fused-ring (bicyclic) bond motifs is 2. The van der Waals surface area contributed by atoms with Gasteiger partial charge in [-0.3, -0.25) is 19.9 Å². The van der Waals surface area contributed by atoms with Crippen LogP contribution in [0.15, 0.2) is 71.9 Å². The molecule has 190 valence electrons. The van der Waals surface area contributed by atoms with E-state index < -0.39 is 0 Å². The summed E-state index contributed by atoms with van der Waals surface area (Å²) in [6.45, 7) is 9.04. The van der Waals surface area contributed by atoms with E-state index in [0.29, 0.717) is 45.0 Å². The van der Waals surface area contributed by atoms with Gasteiger partial charge in [0, 0.05) is 35.6 Å². The molecule has 5 aromatic rings. The summed E-state index contributed by atoms with van der Waals surface area (Å²) in [6.07, 6.45) is 8.27. The van der Waals surface area contributed by atoms with Crippen LogP contribution in [0.2, 0.25) is 0 Å². The van der Waals surface area contributed by atoms with Crippen LogP contribution >= 0.6 is 0 Å². The van der Waals surface area contributed by atoms with E-state index >= 15 is 0 Å². The summed E-state index contributed by atoms with van der Waals surface area (Å²) in [7, 11) is 0. The summed E-state index contributed by atoms with van der Waals surface area (Å²) in [5, 5.41) is 10.9. The third-order valence-electron chi connectivity index (χ3n) is 6.05. The van der Waals surface area contributed by atoms with Crippen LogP contribution in [-0.2, 0) is 4.79 Å². The van der Waals surface area contributed by atoms with Crippen LogP contribution in [0.1, 0.15) is 26.3 Å². The highest BCUT2D eigenvalue weighted by Gasteiger charge is 2.17. The first-order chi connectivity index (χ1) is 18.4. The summed E-state index contributed by atoms with van der Waals surface area (Å²) in [5.74, 6) is -0.126. The van der Waals surface area contributed by atoms with Gasteiger partial charge in [-0.25, -0.2) is 14.4 Å². The quantitative estimate of drug-likeness (QED) is 0.200. The number of aliphatic imine (C=N–C) groups is 1. The number of rotatable bonds is 7. The summed E-state index contributed by atoms with van der Waals surface area (Å²) in [4.78, 5) is 32.8. The van der Waals surface area contributed by atoms with Crippen LogP contribution in [0.4, 0.5) is 4.39 Å². The van der Waals surface area contributed by atoms with Crippen molar-refractivity contribution < 1.29 is 9.18 Å². The molecule has 4 heterocycles. The Balaban J connectivity index is 1.55. The van der Waals surface area contributed by atoms with E-state index in [2.05, 4.69) is 42.2 Å². The van der Waals surface area contributed by atoms with Crippen molar-refractivity contribution in [3.8, 4) is 22.6 Å². The SMILES string of the molecule is C=N/C=C(\C=C(/C)c1cnc2n[nH]c(-c3nc4c(-c5ccccc5F)cncc4[nH]3)c2c1)NC(=O)C(C)C. The van der Waals surface area contributed by atoms with Gasteiger partial charge < -0.3 is 10.3 Å². The highest BCUT2D eigenvalue weighted by Crippen LogP contribution is 2.32. The highest BCUT2D eigenvalue weighted by atomic mass is 19.1. The van der Waals surface area contributed by atoms with Crippen LogP contribution in [0.5, 0.6) is 0 Å². The fraction of sp³-hybridized carbons (Fsp3) is 0.143. The molecule has 4 aromatic heterocycles. The van der Waals surface area contributed by atoms with E-state index in [1.807, 2.05) is 32.9 Å². The zero-order valence-corrected chi connectivity index (χ0v) is 21.1. The number of imidazole rings is 1. The lowest BCUT2D eigenvalue weighted by molar-refractivity contribution is -0.123. The van der Waals surface area contributed by atoms with Gasteiger partial charge >= 0.3 is 0 Å². The van der Waals surface area contributed by atoms with Gasteiger partial charge in [0.05, 0.1) is 22.8 Å². The molecule has 0 aliphatic rings. The number of carbonyl (C=O) groups is 1. The molecule has 1 aromatic carbocycles. The molecule has 0 saturated heterocycles. The number of hydrogen-bond acceptors (Lipinski definition) is 6. The molecular weight excluding hydrogens is 483 g/mol. The number of nitrogens with one attached hydrogen (secondary N) is 3. The van der Waals surface area contributed by atoms with Crippen molar-refractivity contribution in [2.24, 2.45) is 10.9 Å². The van der Waals surface area contributed by atoms with Gasteiger partial charge in [0.25, 0.3) is 0 Å². The molecule has 0 fully saturated rings. The van der Waals surface area contributed by atoms with Crippen molar-refractivity contribution in [2.75, 3.05) is 0 Å². The zero-order valence-electron chi connectivity index (χ0n) is 21.1. The number of allylic oxidation sites excluding steroid dienone is 2. The molecule has 0 bridgehead atoms. The van der Waals surface area contributed by atoms with Crippen molar-refractivity contribution in [1.82, 2.24) is 35.5 Å². The van der Waals surface area contributed by atoms with Gasteiger partial charge in [0.1, 0.15) is 17.0 Å². The van der Waals surface area contributed by atoms with E-state index in [1.165, 1.54) is 12.3 Å². The van der Waals surface area contributed by atoms with Gasteiger partial charge in [-0.1, -0.05) is 32.0 Å². The molecule has 0 unspecified atom stereocenters.